The van der Waals surface area contributed by atoms with Crippen LogP contribution in [-0.2, 0) is 38.1 Å². The quantitative estimate of drug-likeness (QED) is 0.0252. The average molecular weight is 874 g/mol. The summed E-state index contributed by atoms with van der Waals surface area (Å²) in [6.07, 6.45) is 36.2. The maximum Gasteiger partial charge on any atom is 0.307 e. The van der Waals surface area contributed by atoms with Gasteiger partial charge in [0, 0.05) is 26.2 Å². The summed E-state index contributed by atoms with van der Waals surface area (Å²) in [5.41, 5.74) is 0. The summed E-state index contributed by atoms with van der Waals surface area (Å²) in [4.78, 5) is 56.9. The Morgan fingerprint density at radius 1 is 0.339 bits per heavy atom. The molecule has 0 aliphatic heterocycles. The second-order valence-electron chi connectivity index (χ2n) is 16.2. The van der Waals surface area contributed by atoms with Crippen molar-refractivity contribution in [3.05, 3.63) is 48.6 Å². The van der Waals surface area contributed by atoms with Crippen LogP contribution in [0.15, 0.2) is 48.6 Å². The van der Waals surface area contributed by atoms with E-state index in [4.69, 9.17) is 18.9 Å². The van der Waals surface area contributed by atoms with Gasteiger partial charge in [-0.2, -0.15) is 0 Å². The van der Waals surface area contributed by atoms with E-state index in [1.54, 1.807) is 0 Å². The van der Waals surface area contributed by atoms with Gasteiger partial charge in [-0.25, -0.2) is 0 Å². The normalized spacial score (nSPS) is 12.0. The molecule has 0 radical (unpaired) electrons. The molecule has 0 saturated carbocycles. The van der Waals surface area contributed by atoms with E-state index in [1.807, 2.05) is 0 Å². The number of carbonyl (C=O) groups is 4. The number of unbranched alkanes of at least 4 members (excludes halogenated alkanes) is 8. The van der Waals surface area contributed by atoms with Crippen LogP contribution in [0.1, 0.15) is 169 Å². The molecule has 0 aromatic heterocycles. The summed E-state index contributed by atoms with van der Waals surface area (Å²) < 4.78 is 21.9. The van der Waals surface area contributed by atoms with Gasteiger partial charge in [0.15, 0.2) is 0 Å². The monoisotopic (exact) mass is 874 g/mol. The first-order valence-corrected chi connectivity index (χ1v) is 24.6. The topological polar surface area (TPSA) is 115 Å². The maximum atomic E-state index is 12.6. The third-order valence-corrected chi connectivity index (χ3v) is 10.3. The Bertz CT molecular complexity index is 1030. The molecule has 0 aromatic carbocycles. The number of allylic oxidation sites excluding steroid dienone is 4. The zero-order valence-electron chi connectivity index (χ0n) is 40.3. The Kier molecular flexibility index (Phi) is 43.3. The predicted molar refractivity (Wildman–Crippen MR) is 255 cm³/mol. The van der Waals surface area contributed by atoms with E-state index in [0.717, 1.165) is 116 Å². The Labute approximate surface area is 379 Å². The van der Waals surface area contributed by atoms with E-state index in [2.05, 4.69) is 98.1 Å². The molecule has 62 heavy (non-hydrogen) atoms. The largest absolute Gasteiger partial charge is 0.465 e. The standard InChI is InChI=1S/C51H91N3O8/c1-6-10-14-18-22-26-44-59-48(55)32-40-53(41-33-49(56)60-45-27-23-19-15-11-7-2)38-30-36-52(5)37-31-39-54(42-34-50(57)61-46-28-24-20-16-12-8-3)43-35-51(58)62-47-29-25-21-17-13-9-4/h18-25H,6-17,26-47H2,1-5H3/b22-18-,23-19-,24-20-,25-21-. The molecule has 0 spiro atoms. The highest BCUT2D eigenvalue weighted by Gasteiger charge is 2.15. The van der Waals surface area contributed by atoms with Gasteiger partial charge in [-0.1, -0.05) is 128 Å². The molecule has 358 valence electrons. The Balaban J connectivity index is 5.05. The van der Waals surface area contributed by atoms with Crippen molar-refractivity contribution in [2.24, 2.45) is 0 Å². The van der Waals surface area contributed by atoms with Gasteiger partial charge in [-0.15, -0.1) is 0 Å². The fraction of sp³-hybridized carbons (Fsp3) is 0.765. The molecule has 0 aliphatic carbocycles. The summed E-state index contributed by atoms with van der Waals surface area (Å²) >= 11 is 0. The summed E-state index contributed by atoms with van der Waals surface area (Å²) in [7, 11) is 2.10. The van der Waals surface area contributed by atoms with Crippen molar-refractivity contribution in [1.29, 1.82) is 0 Å². The number of ether oxygens (including phenoxy) is 4. The summed E-state index contributed by atoms with van der Waals surface area (Å²) in [6.45, 7) is 15.5. The first-order chi connectivity index (χ1) is 30.2. The fourth-order valence-corrected chi connectivity index (χ4v) is 6.39. The van der Waals surface area contributed by atoms with Crippen LogP contribution < -0.4 is 0 Å². The van der Waals surface area contributed by atoms with Crippen molar-refractivity contribution in [2.75, 3.05) is 85.8 Å². The van der Waals surface area contributed by atoms with E-state index in [1.165, 1.54) is 25.7 Å². The van der Waals surface area contributed by atoms with E-state index >= 15 is 0 Å². The number of esters is 4. The highest BCUT2D eigenvalue weighted by Crippen LogP contribution is 2.06. The highest BCUT2D eigenvalue weighted by atomic mass is 16.5. The minimum Gasteiger partial charge on any atom is -0.465 e. The number of hydrogen-bond donors (Lipinski definition) is 0. The van der Waals surface area contributed by atoms with Gasteiger partial charge in [-0.05, 0) is 97.4 Å². The van der Waals surface area contributed by atoms with Gasteiger partial charge < -0.3 is 33.6 Å². The maximum absolute atomic E-state index is 12.6. The number of hydrogen-bond acceptors (Lipinski definition) is 11. The first-order valence-electron chi connectivity index (χ1n) is 24.6. The van der Waals surface area contributed by atoms with E-state index in [9.17, 15) is 19.2 Å². The Morgan fingerprint density at radius 3 is 0.823 bits per heavy atom. The van der Waals surface area contributed by atoms with E-state index < -0.39 is 0 Å². The van der Waals surface area contributed by atoms with Gasteiger partial charge in [-0.3, -0.25) is 19.2 Å². The minimum atomic E-state index is -0.220. The molecule has 0 unspecified atom stereocenters. The summed E-state index contributed by atoms with van der Waals surface area (Å²) in [5.74, 6) is -0.880. The molecular formula is C51H91N3O8. The smallest absolute Gasteiger partial charge is 0.307 e. The van der Waals surface area contributed by atoms with E-state index in [0.29, 0.717) is 52.6 Å². The van der Waals surface area contributed by atoms with Crippen LogP contribution in [0.5, 0.6) is 0 Å². The van der Waals surface area contributed by atoms with Crippen LogP contribution in [-0.4, -0.2) is 124 Å². The van der Waals surface area contributed by atoms with Gasteiger partial charge in [0.1, 0.15) is 0 Å². The SMILES string of the molecule is CCCC/C=C\CCOC(=O)CCN(CCCN(C)CCCN(CCC(=O)OCC/C=C\CCCC)CCC(=O)OCC/C=C\CCCC)CCC(=O)OCC/C=C\CCCC. The molecule has 0 rings (SSSR count). The lowest BCUT2D eigenvalue weighted by atomic mass is 10.2. The van der Waals surface area contributed by atoms with E-state index in [-0.39, 0.29) is 49.6 Å². The number of carbonyl (C=O) groups excluding carboxylic acids is 4. The molecule has 0 fully saturated rings. The summed E-state index contributed by atoms with van der Waals surface area (Å²) in [6, 6.07) is 0. The molecule has 11 heteroatoms. The van der Waals surface area contributed by atoms with Crippen molar-refractivity contribution in [3.8, 4) is 0 Å². The van der Waals surface area contributed by atoms with Gasteiger partial charge >= 0.3 is 23.9 Å². The molecule has 0 atom stereocenters. The lowest BCUT2D eigenvalue weighted by molar-refractivity contribution is -0.145. The lowest BCUT2D eigenvalue weighted by Gasteiger charge is -2.25. The zero-order chi connectivity index (χ0) is 45.6. The second-order valence-corrected chi connectivity index (χ2v) is 16.2. The van der Waals surface area contributed by atoms with Crippen molar-refractivity contribution in [3.63, 3.8) is 0 Å². The number of nitrogens with zero attached hydrogens (tertiary/aromatic N) is 3. The molecule has 0 heterocycles. The first kappa shape index (κ1) is 58.7. The van der Waals surface area contributed by atoms with Crippen LogP contribution >= 0.6 is 0 Å². The fourth-order valence-electron chi connectivity index (χ4n) is 6.39. The zero-order valence-corrected chi connectivity index (χ0v) is 40.3. The Hall–Kier alpha value is -3.28. The molecule has 11 nitrogen and oxygen atoms in total. The van der Waals surface area contributed by atoms with Crippen molar-refractivity contribution < 1.29 is 38.1 Å². The predicted octanol–water partition coefficient (Wildman–Crippen LogP) is 10.6. The van der Waals surface area contributed by atoms with Gasteiger partial charge in [0.25, 0.3) is 0 Å². The lowest BCUT2D eigenvalue weighted by Crippen LogP contribution is -2.34. The van der Waals surface area contributed by atoms with Crippen LogP contribution in [0.4, 0.5) is 0 Å². The van der Waals surface area contributed by atoms with Gasteiger partial charge in [0.2, 0.25) is 0 Å². The summed E-state index contributed by atoms with van der Waals surface area (Å²) in [5, 5.41) is 0. The molecule has 0 amide bonds. The average Bonchev–Trinajstić information content (AvgIpc) is 3.26. The molecule has 0 aliphatic rings. The minimum absolute atomic E-state index is 0.220. The third kappa shape index (κ3) is 42.0. The van der Waals surface area contributed by atoms with Crippen LogP contribution in [0.2, 0.25) is 0 Å². The third-order valence-electron chi connectivity index (χ3n) is 10.3. The van der Waals surface area contributed by atoms with Gasteiger partial charge in [0.05, 0.1) is 52.1 Å². The molecule has 0 saturated heterocycles. The van der Waals surface area contributed by atoms with Crippen molar-refractivity contribution in [2.45, 2.75) is 169 Å². The number of rotatable bonds is 44. The highest BCUT2D eigenvalue weighted by molar-refractivity contribution is 5.71. The molecule has 0 bridgehead atoms. The van der Waals surface area contributed by atoms with Crippen LogP contribution in [0.3, 0.4) is 0 Å². The molecular weight excluding hydrogens is 783 g/mol. The molecule has 0 N–H and O–H groups in total. The molecule has 0 aromatic rings. The van der Waals surface area contributed by atoms with Crippen molar-refractivity contribution in [1.82, 2.24) is 14.7 Å². The second kappa shape index (κ2) is 45.7. The van der Waals surface area contributed by atoms with Crippen LogP contribution in [0.25, 0.3) is 0 Å². The van der Waals surface area contributed by atoms with Crippen LogP contribution in [0, 0.1) is 0 Å². The Morgan fingerprint density at radius 2 is 0.581 bits per heavy atom. The van der Waals surface area contributed by atoms with Crippen molar-refractivity contribution >= 4 is 23.9 Å².